The van der Waals surface area contributed by atoms with Crippen LogP contribution in [0.25, 0.3) is 0 Å². The molecule has 0 spiro atoms. The van der Waals surface area contributed by atoms with E-state index in [1.807, 2.05) is 13.8 Å². The molecule has 0 heterocycles. The number of nitrogens with one attached hydrogen (secondary N) is 2. The molecule has 2 N–H and O–H groups in total. The maximum absolute atomic E-state index is 11.9. The summed E-state index contributed by atoms with van der Waals surface area (Å²) in [6, 6.07) is 6.75. The summed E-state index contributed by atoms with van der Waals surface area (Å²) >= 11 is 0. The summed E-state index contributed by atoms with van der Waals surface area (Å²) in [5, 5.41) is 5.73. The average Bonchev–Trinajstić information content (AvgIpc) is 2.44. The van der Waals surface area contributed by atoms with Crippen LogP contribution in [0.2, 0.25) is 0 Å². The fourth-order valence-corrected chi connectivity index (χ4v) is 1.75. The summed E-state index contributed by atoms with van der Waals surface area (Å²) in [4.78, 5) is 23.8. The van der Waals surface area contributed by atoms with Crippen LogP contribution in [-0.2, 0) is 0 Å². The highest BCUT2D eigenvalue weighted by molar-refractivity contribution is 5.97. The van der Waals surface area contributed by atoms with E-state index in [4.69, 9.17) is 0 Å². The lowest BCUT2D eigenvalue weighted by Crippen LogP contribution is -2.28. The minimum absolute atomic E-state index is 0.0928. The molecule has 4 heteroatoms. The molecule has 0 aliphatic carbocycles. The molecule has 1 aromatic rings. The highest BCUT2D eigenvalue weighted by atomic mass is 16.2. The largest absolute Gasteiger partial charge is 0.352 e. The normalized spacial score (nSPS) is 10.8. The standard InChI is InChI=1S/C17H26N2O2/c1-12(2)9-10-18-16(20)14-5-7-15(8-6-14)17(21)19-11-13(3)4/h5-8,12-13H,9-11H2,1-4H3,(H,18,20)(H,19,21). The van der Waals surface area contributed by atoms with Gasteiger partial charge >= 0.3 is 0 Å². The maximum atomic E-state index is 11.9. The van der Waals surface area contributed by atoms with Crippen LogP contribution in [0.4, 0.5) is 0 Å². The van der Waals surface area contributed by atoms with Crippen LogP contribution in [0.15, 0.2) is 24.3 Å². The van der Waals surface area contributed by atoms with Crippen molar-refractivity contribution in [1.29, 1.82) is 0 Å². The van der Waals surface area contributed by atoms with E-state index in [1.54, 1.807) is 24.3 Å². The Balaban J connectivity index is 2.53. The third-order valence-electron chi connectivity index (χ3n) is 3.09. The summed E-state index contributed by atoms with van der Waals surface area (Å²) in [6.07, 6.45) is 0.960. The zero-order valence-electron chi connectivity index (χ0n) is 13.4. The fraction of sp³-hybridized carbons (Fsp3) is 0.529. The molecule has 0 saturated carbocycles. The summed E-state index contributed by atoms with van der Waals surface area (Å²) in [5.41, 5.74) is 1.16. The lowest BCUT2D eigenvalue weighted by Gasteiger charge is -2.09. The molecule has 2 amide bonds. The van der Waals surface area contributed by atoms with Crippen molar-refractivity contribution in [1.82, 2.24) is 10.6 Å². The molecule has 0 aromatic heterocycles. The second kappa shape index (κ2) is 8.45. The van der Waals surface area contributed by atoms with E-state index in [2.05, 4.69) is 24.5 Å². The first-order chi connectivity index (χ1) is 9.90. The first-order valence-corrected chi connectivity index (χ1v) is 7.56. The second-order valence-corrected chi connectivity index (χ2v) is 6.12. The van der Waals surface area contributed by atoms with Crippen LogP contribution in [-0.4, -0.2) is 24.9 Å². The first kappa shape index (κ1) is 17.2. The molecular formula is C17H26N2O2. The van der Waals surface area contributed by atoms with Crippen LogP contribution < -0.4 is 10.6 Å². The van der Waals surface area contributed by atoms with Crippen molar-refractivity contribution >= 4 is 11.8 Å². The molecule has 0 aliphatic rings. The Kier molecular flexibility index (Phi) is 6.92. The molecular weight excluding hydrogens is 264 g/mol. The monoisotopic (exact) mass is 290 g/mol. The van der Waals surface area contributed by atoms with Gasteiger partial charge in [-0.25, -0.2) is 0 Å². The van der Waals surface area contributed by atoms with Gasteiger partial charge in [0.05, 0.1) is 0 Å². The van der Waals surface area contributed by atoms with Gasteiger partial charge in [0.1, 0.15) is 0 Å². The van der Waals surface area contributed by atoms with Gasteiger partial charge in [-0.05, 0) is 42.5 Å². The molecule has 0 saturated heterocycles. The third kappa shape index (κ3) is 6.43. The lowest BCUT2D eigenvalue weighted by atomic mass is 10.1. The van der Waals surface area contributed by atoms with Crippen molar-refractivity contribution in [3.8, 4) is 0 Å². The summed E-state index contributed by atoms with van der Waals surface area (Å²) in [7, 11) is 0. The van der Waals surface area contributed by atoms with Crippen molar-refractivity contribution in [3.63, 3.8) is 0 Å². The van der Waals surface area contributed by atoms with Crippen LogP contribution in [0.1, 0.15) is 54.8 Å². The molecule has 0 unspecified atom stereocenters. The topological polar surface area (TPSA) is 58.2 Å². The van der Waals surface area contributed by atoms with E-state index >= 15 is 0 Å². The van der Waals surface area contributed by atoms with Gasteiger partial charge in [-0.2, -0.15) is 0 Å². The van der Waals surface area contributed by atoms with Crippen LogP contribution >= 0.6 is 0 Å². The predicted molar refractivity (Wildman–Crippen MR) is 85.4 cm³/mol. The Bertz CT molecular complexity index is 464. The number of hydrogen-bond acceptors (Lipinski definition) is 2. The van der Waals surface area contributed by atoms with Crippen molar-refractivity contribution in [2.45, 2.75) is 34.1 Å². The number of carbonyl (C=O) groups is 2. The number of hydrogen-bond donors (Lipinski definition) is 2. The molecule has 1 aromatic carbocycles. The molecule has 21 heavy (non-hydrogen) atoms. The van der Waals surface area contributed by atoms with Gasteiger partial charge in [0.15, 0.2) is 0 Å². The molecule has 0 fully saturated rings. The molecule has 116 valence electrons. The van der Waals surface area contributed by atoms with Gasteiger partial charge in [0.2, 0.25) is 0 Å². The summed E-state index contributed by atoms with van der Waals surface area (Å²) in [6.45, 7) is 9.66. The van der Waals surface area contributed by atoms with Crippen LogP contribution in [0.5, 0.6) is 0 Å². The summed E-state index contributed by atoms with van der Waals surface area (Å²) < 4.78 is 0. The summed E-state index contributed by atoms with van der Waals surface area (Å²) in [5.74, 6) is 0.789. The van der Waals surface area contributed by atoms with Gasteiger partial charge in [-0.3, -0.25) is 9.59 Å². The smallest absolute Gasteiger partial charge is 0.251 e. The number of benzene rings is 1. The van der Waals surface area contributed by atoms with Crippen molar-refractivity contribution in [2.24, 2.45) is 11.8 Å². The highest BCUT2D eigenvalue weighted by Crippen LogP contribution is 2.05. The molecule has 0 atom stereocenters. The van der Waals surface area contributed by atoms with E-state index < -0.39 is 0 Å². The fourth-order valence-electron chi connectivity index (χ4n) is 1.75. The molecule has 0 radical (unpaired) electrons. The minimum Gasteiger partial charge on any atom is -0.352 e. The molecule has 0 aliphatic heterocycles. The van der Waals surface area contributed by atoms with E-state index in [0.717, 1.165) is 6.42 Å². The Morgan fingerprint density at radius 1 is 0.857 bits per heavy atom. The van der Waals surface area contributed by atoms with Gasteiger partial charge in [-0.15, -0.1) is 0 Å². The van der Waals surface area contributed by atoms with Gasteiger partial charge in [-0.1, -0.05) is 27.7 Å². The van der Waals surface area contributed by atoms with Crippen LogP contribution in [0.3, 0.4) is 0 Å². The quantitative estimate of drug-likeness (QED) is 0.811. The number of rotatable bonds is 7. The van der Waals surface area contributed by atoms with E-state index in [1.165, 1.54) is 0 Å². The van der Waals surface area contributed by atoms with E-state index in [0.29, 0.717) is 36.1 Å². The zero-order valence-corrected chi connectivity index (χ0v) is 13.4. The van der Waals surface area contributed by atoms with E-state index in [-0.39, 0.29) is 11.8 Å². The minimum atomic E-state index is -0.101. The van der Waals surface area contributed by atoms with Crippen molar-refractivity contribution in [2.75, 3.05) is 13.1 Å². The van der Waals surface area contributed by atoms with Gasteiger partial charge < -0.3 is 10.6 Å². The van der Waals surface area contributed by atoms with Gasteiger partial charge in [0.25, 0.3) is 11.8 Å². The van der Waals surface area contributed by atoms with Gasteiger partial charge in [0, 0.05) is 24.2 Å². The molecule has 1 rings (SSSR count). The first-order valence-electron chi connectivity index (χ1n) is 7.56. The molecule has 4 nitrogen and oxygen atoms in total. The van der Waals surface area contributed by atoms with Crippen molar-refractivity contribution < 1.29 is 9.59 Å². The Morgan fingerprint density at radius 2 is 1.33 bits per heavy atom. The lowest BCUT2D eigenvalue weighted by molar-refractivity contribution is 0.0938. The number of amides is 2. The highest BCUT2D eigenvalue weighted by Gasteiger charge is 2.09. The maximum Gasteiger partial charge on any atom is 0.251 e. The van der Waals surface area contributed by atoms with Crippen molar-refractivity contribution in [3.05, 3.63) is 35.4 Å². The predicted octanol–water partition coefficient (Wildman–Crippen LogP) is 2.85. The average molecular weight is 290 g/mol. The Labute approximate surface area is 127 Å². The molecule has 0 bridgehead atoms. The van der Waals surface area contributed by atoms with Crippen LogP contribution in [0, 0.1) is 11.8 Å². The Morgan fingerprint density at radius 3 is 1.76 bits per heavy atom. The number of carbonyl (C=O) groups excluding carboxylic acids is 2. The Hall–Kier alpha value is -1.84. The zero-order chi connectivity index (χ0) is 15.8. The van der Waals surface area contributed by atoms with E-state index in [9.17, 15) is 9.59 Å². The third-order valence-corrected chi connectivity index (χ3v) is 3.09. The SMILES string of the molecule is CC(C)CCNC(=O)c1ccc(C(=O)NCC(C)C)cc1. The second-order valence-electron chi connectivity index (χ2n) is 6.12.